The molecule has 1 N–H and O–H groups in total. The van der Waals surface area contributed by atoms with Crippen molar-refractivity contribution in [2.75, 3.05) is 19.6 Å². The second kappa shape index (κ2) is 8.43. The Morgan fingerprint density at radius 1 is 1.07 bits per heavy atom. The molecule has 2 heterocycles. The minimum atomic E-state index is -0.0805. The summed E-state index contributed by atoms with van der Waals surface area (Å²) >= 11 is 0. The zero-order chi connectivity index (χ0) is 19.4. The van der Waals surface area contributed by atoms with Gasteiger partial charge in [0.05, 0.1) is 5.54 Å². The van der Waals surface area contributed by atoms with E-state index < -0.39 is 0 Å². The molecule has 1 saturated heterocycles. The van der Waals surface area contributed by atoms with Crippen molar-refractivity contribution in [3.63, 3.8) is 0 Å². The summed E-state index contributed by atoms with van der Waals surface area (Å²) in [5.41, 5.74) is 1.59. The lowest BCUT2D eigenvalue weighted by molar-refractivity contribution is 0.0759. The number of amides is 1. The first-order chi connectivity index (χ1) is 13.6. The molecule has 1 aromatic heterocycles. The Bertz CT molecular complexity index is 757. The molecule has 2 aliphatic rings. The van der Waals surface area contributed by atoms with Crippen molar-refractivity contribution in [3.05, 3.63) is 42.5 Å². The van der Waals surface area contributed by atoms with Crippen LogP contribution in [0.15, 0.2) is 36.9 Å². The Labute approximate surface area is 167 Å². The summed E-state index contributed by atoms with van der Waals surface area (Å²) in [6, 6.07) is 7.67. The number of hydrogen-bond donors (Lipinski definition) is 1. The van der Waals surface area contributed by atoms with E-state index in [0.717, 1.165) is 44.1 Å². The summed E-state index contributed by atoms with van der Waals surface area (Å²) in [5, 5.41) is 11.1. The molecule has 1 aromatic carbocycles. The molecular weight excluding hydrogens is 350 g/mol. The molecule has 0 atom stereocenters. The van der Waals surface area contributed by atoms with Crippen LogP contribution in [-0.4, -0.2) is 50.7 Å². The molecule has 0 spiro atoms. The molecule has 1 aliphatic heterocycles. The third-order valence-electron chi connectivity index (χ3n) is 6.44. The Kier molecular flexibility index (Phi) is 5.76. The number of carbonyl (C=O) groups is 1. The van der Waals surface area contributed by atoms with Crippen molar-refractivity contribution in [1.29, 1.82) is 0 Å². The summed E-state index contributed by atoms with van der Waals surface area (Å²) in [6.45, 7) is 5.65. The highest BCUT2D eigenvalue weighted by Crippen LogP contribution is 2.31. The molecule has 0 unspecified atom stereocenters. The van der Waals surface area contributed by atoms with Gasteiger partial charge in [0.15, 0.2) is 0 Å². The Morgan fingerprint density at radius 3 is 2.36 bits per heavy atom. The van der Waals surface area contributed by atoms with E-state index >= 15 is 0 Å². The maximum atomic E-state index is 13.0. The number of carbonyl (C=O) groups excluding carboxylic acids is 1. The van der Waals surface area contributed by atoms with Crippen LogP contribution in [0.4, 0.5) is 0 Å². The first-order valence-corrected chi connectivity index (χ1v) is 10.6. The highest BCUT2D eigenvalue weighted by Gasteiger charge is 2.36. The number of nitrogens with zero attached hydrogens (tertiary/aromatic N) is 4. The molecule has 0 radical (unpaired) electrons. The minimum absolute atomic E-state index is 0.0441. The molecule has 1 amide bonds. The maximum absolute atomic E-state index is 13.0. The summed E-state index contributed by atoms with van der Waals surface area (Å²) in [5.74, 6) is 0.875. The van der Waals surface area contributed by atoms with Crippen molar-refractivity contribution in [2.24, 2.45) is 5.92 Å². The molecule has 1 saturated carbocycles. The molecule has 1 aliphatic carbocycles. The fourth-order valence-corrected chi connectivity index (χ4v) is 4.63. The van der Waals surface area contributed by atoms with Crippen molar-refractivity contribution in [1.82, 2.24) is 25.0 Å². The summed E-state index contributed by atoms with van der Waals surface area (Å²) in [6.07, 6.45) is 11.7. The molecular formula is C22H31N5O. The molecule has 6 nitrogen and oxygen atoms in total. The van der Waals surface area contributed by atoms with E-state index in [4.69, 9.17) is 0 Å². The zero-order valence-electron chi connectivity index (χ0n) is 16.8. The van der Waals surface area contributed by atoms with Gasteiger partial charge >= 0.3 is 0 Å². The Balaban J connectivity index is 1.44. The van der Waals surface area contributed by atoms with Gasteiger partial charge in [-0.2, -0.15) is 0 Å². The molecule has 2 fully saturated rings. The van der Waals surface area contributed by atoms with Crippen LogP contribution in [-0.2, 0) is 0 Å². The summed E-state index contributed by atoms with van der Waals surface area (Å²) in [4.78, 5) is 15.6. The first-order valence-electron chi connectivity index (χ1n) is 10.6. The topological polar surface area (TPSA) is 63.1 Å². The average Bonchev–Trinajstić information content (AvgIpc) is 3.25. The van der Waals surface area contributed by atoms with Gasteiger partial charge in [-0.15, -0.1) is 10.2 Å². The molecule has 4 rings (SSSR count). The lowest BCUT2D eigenvalue weighted by Crippen LogP contribution is -2.57. The van der Waals surface area contributed by atoms with Crippen LogP contribution < -0.4 is 5.32 Å². The fourth-order valence-electron chi connectivity index (χ4n) is 4.63. The van der Waals surface area contributed by atoms with Gasteiger partial charge in [-0.3, -0.25) is 9.36 Å². The van der Waals surface area contributed by atoms with Gasteiger partial charge < -0.3 is 10.2 Å². The van der Waals surface area contributed by atoms with E-state index in [1.54, 1.807) is 12.7 Å². The summed E-state index contributed by atoms with van der Waals surface area (Å²) in [7, 11) is 0. The van der Waals surface area contributed by atoms with E-state index in [0.29, 0.717) is 5.56 Å². The molecule has 6 heteroatoms. The van der Waals surface area contributed by atoms with Gasteiger partial charge in [0, 0.05) is 17.8 Å². The van der Waals surface area contributed by atoms with Crippen LogP contribution in [0.2, 0.25) is 0 Å². The third kappa shape index (κ3) is 4.43. The number of nitrogens with one attached hydrogen (secondary N) is 1. The van der Waals surface area contributed by atoms with Gasteiger partial charge in [0.1, 0.15) is 12.7 Å². The molecule has 2 aromatic rings. The quantitative estimate of drug-likeness (QED) is 0.862. The second-order valence-electron chi connectivity index (χ2n) is 8.67. The van der Waals surface area contributed by atoms with E-state index in [-0.39, 0.29) is 11.4 Å². The van der Waals surface area contributed by atoms with Gasteiger partial charge in [-0.1, -0.05) is 26.2 Å². The zero-order valence-corrected chi connectivity index (χ0v) is 16.8. The smallest absolute Gasteiger partial charge is 0.251 e. The predicted molar refractivity (Wildman–Crippen MR) is 109 cm³/mol. The van der Waals surface area contributed by atoms with Gasteiger partial charge in [0.2, 0.25) is 0 Å². The van der Waals surface area contributed by atoms with Crippen LogP contribution in [0.5, 0.6) is 0 Å². The molecule has 28 heavy (non-hydrogen) atoms. The van der Waals surface area contributed by atoms with Gasteiger partial charge in [-0.05, 0) is 69.0 Å². The van der Waals surface area contributed by atoms with Gasteiger partial charge in [-0.25, -0.2) is 0 Å². The van der Waals surface area contributed by atoms with E-state index in [1.165, 1.54) is 32.1 Å². The van der Waals surface area contributed by atoms with Crippen molar-refractivity contribution >= 4 is 5.91 Å². The summed E-state index contributed by atoms with van der Waals surface area (Å²) < 4.78 is 1.83. The average molecular weight is 382 g/mol. The fraction of sp³-hybridized carbons (Fsp3) is 0.591. The highest BCUT2D eigenvalue weighted by molar-refractivity contribution is 5.94. The monoisotopic (exact) mass is 381 g/mol. The second-order valence-corrected chi connectivity index (χ2v) is 8.67. The van der Waals surface area contributed by atoms with E-state index in [2.05, 4.69) is 27.3 Å². The predicted octanol–water partition coefficient (Wildman–Crippen LogP) is 3.43. The van der Waals surface area contributed by atoms with E-state index in [9.17, 15) is 4.79 Å². The number of likely N-dealkylation sites (tertiary alicyclic amines) is 1. The van der Waals surface area contributed by atoms with Crippen molar-refractivity contribution in [3.8, 4) is 5.69 Å². The SMILES string of the molecule is CC1CCN(CC2(NC(=O)c3ccc(-n4cnnc4)cc3)CCCCC2)CC1. The lowest BCUT2D eigenvalue weighted by Gasteiger charge is -2.43. The number of rotatable bonds is 5. The number of benzene rings is 1. The van der Waals surface area contributed by atoms with Crippen LogP contribution >= 0.6 is 0 Å². The normalized spacial score (nSPS) is 20.8. The number of hydrogen-bond acceptors (Lipinski definition) is 4. The highest BCUT2D eigenvalue weighted by atomic mass is 16.1. The first kappa shape index (κ1) is 19.1. The van der Waals surface area contributed by atoms with Crippen LogP contribution in [0, 0.1) is 5.92 Å². The van der Waals surface area contributed by atoms with Crippen LogP contribution in [0.25, 0.3) is 5.69 Å². The third-order valence-corrected chi connectivity index (χ3v) is 6.44. The van der Waals surface area contributed by atoms with Gasteiger partial charge in [0.25, 0.3) is 5.91 Å². The maximum Gasteiger partial charge on any atom is 0.251 e. The van der Waals surface area contributed by atoms with Crippen LogP contribution in [0.1, 0.15) is 62.2 Å². The lowest BCUT2D eigenvalue weighted by atomic mass is 9.80. The Morgan fingerprint density at radius 2 is 1.71 bits per heavy atom. The standard InChI is InChI=1S/C22H31N5O/c1-18-9-13-26(14-10-18)15-22(11-3-2-4-12-22)25-21(28)19-5-7-20(8-6-19)27-16-23-24-17-27/h5-8,16-18H,2-4,9-15H2,1H3,(H,25,28). The Hall–Kier alpha value is -2.21. The van der Waals surface area contributed by atoms with Crippen molar-refractivity contribution < 1.29 is 4.79 Å². The molecule has 150 valence electrons. The van der Waals surface area contributed by atoms with Crippen LogP contribution in [0.3, 0.4) is 0 Å². The van der Waals surface area contributed by atoms with Crippen molar-refractivity contribution in [2.45, 2.75) is 57.4 Å². The number of aromatic nitrogens is 3. The van der Waals surface area contributed by atoms with E-state index in [1.807, 2.05) is 28.8 Å². The number of piperidine rings is 1. The minimum Gasteiger partial charge on any atom is -0.345 e. The molecule has 0 bridgehead atoms. The largest absolute Gasteiger partial charge is 0.345 e.